The summed E-state index contributed by atoms with van der Waals surface area (Å²) in [4.78, 5) is 11.3. The summed E-state index contributed by atoms with van der Waals surface area (Å²) in [6.07, 6.45) is -2.08. The van der Waals surface area contributed by atoms with Crippen molar-refractivity contribution >= 4 is 5.91 Å². The number of ether oxygens (including phenoxy) is 4. The van der Waals surface area contributed by atoms with Crippen LogP contribution < -0.4 is 5.32 Å². The first kappa shape index (κ1) is 14.7. The zero-order valence-electron chi connectivity index (χ0n) is 11.6. The summed E-state index contributed by atoms with van der Waals surface area (Å²) in [5.74, 6) is -0.990. The number of fused-ring (bicyclic) bond motifs is 1. The van der Waals surface area contributed by atoms with E-state index < -0.39 is 36.4 Å². The number of hydrogen-bond acceptors (Lipinski definition) is 6. The molecule has 0 aromatic carbocycles. The summed E-state index contributed by atoms with van der Waals surface area (Å²) in [6, 6.07) is -0.475. The van der Waals surface area contributed by atoms with Crippen molar-refractivity contribution in [1.29, 1.82) is 0 Å². The molecule has 0 aliphatic carbocycles. The summed E-state index contributed by atoms with van der Waals surface area (Å²) >= 11 is 0. The molecule has 2 aliphatic rings. The Morgan fingerprint density at radius 2 is 2.00 bits per heavy atom. The molecule has 2 fully saturated rings. The van der Waals surface area contributed by atoms with Crippen molar-refractivity contribution in [2.24, 2.45) is 0 Å². The lowest BCUT2D eigenvalue weighted by Crippen LogP contribution is -2.63. The van der Waals surface area contributed by atoms with Gasteiger partial charge in [0.05, 0.1) is 6.61 Å². The number of hydrogen-bond donors (Lipinski definition) is 2. The molecule has 2 aliphatic heterocycles. The van der Waals surface area contributed by atoms with Crippen LogP contribution in [0.3, 0.4) is 0 Å². The molecule has 0 aromatic heterocycles. The molecule has 7 heteroatoms. The van der Waals surface area contributed by atoms with Crippen LogP contribution in [0.2, 0.25) is 0 Å². The minimum Gasteiger partial charge on any atom is -0.394 e. The Morgan fingerprint density at radius 3 is 2.53 bits per heavy atom. The van der Waals surface area contributed by atoms with Crippen LogP contribution in [0, 0.1) is 0 Å². The number of carbonyl (C=O) groups excluding carboxylic acids is 1. The van der Waals surface area contributed by atoms with E-state index in [1.165, 1.54) is 14.0 Å². The zero-order valence-corrected chi connectivity index (χ0v) is 11.6. The molecule has 0 saturated carbocycles. The number of amides is 1. The third kappa shape index (κ3) is 2.90. The van der Waals surface area contributed by atoms with Crippen LogP contribution in [-0.2, 0) is 23.7 Å². The fourth-order valence-electron chi connectivity index (χ4n) is 2.61. The summed E-state index contributed by atoms with van der Waals surface area (Å²) in [7, 11) is 1.48. The van der Waals surface area contributed by atoms with E-state index in [-0.39, 0.29) is 12.5 Å². The molecule has 0 radical (unpaired) electrons. The maximum absolute atomic E-state index is 11.3. The van der Waals surface area contributed by atoms with Crippen LogP contribution in [0.15, 0.2) is 0 Å². The Hall–Kier alpha value is -0.730. The van der Waals surface area contributed by atoms with E-state index in [1.54, 1.807) is 13.8 Å². The van der Waals surface area contributed by atoms with Gasteiger partial charge in [-0.3, -0.25) is 4.79 Å². The lowest BCUT2D eigenvalue weighted by Gasteiger charge is -2.41. The molecule has 2 saturated heterocycles. The topological polar surface area (TPSA) is 86.2 Å². The molecule has 7 nitrogen and oxygen atoms in total. The van der Waals surface area contributed by atoms with Crippen LogP contribution in [0.4, 0.5) is 0 Å². The highest BCUT2D eigenvalue weighted by Crippen LogP contribution is 2.37. The molecule has 0 spiro atoms. The van der Waals surface area contributed by atoms with Crippen molar-refractivity contribution in [1.82, 2.24) is 5.32 Å². The quantitative estimate of drug-likeness (QED) is 0.713. The molecule has 19 heavy (non-hydrogen) atoms. The first-order valence-corrected chi connectivity index (χ1v) is 6.30. The van der Waals surface area contributed by atoms with Gasteiger partial charge < -0.3 is 29.4 Å². The first-order chi connectivity index (χ1) is 8.88. The highest BCUT2D eigenvalue weighted by atomic mass is 16.8. The molecule has 0 bridgehead atoms. The molecule has 110 valence electrons. The predicted molar refractivity (Wildman–Crippen MR) is 64.2 cm³/mol. The average molecular weight is 275 g/mol. The van der Waals surface area contributed by atoms with Crippen molar-refractivity contribution < 1.29 is 28.8 Å². The van der Waals surface area contributed by atoms with Gasteiger partial charge in [-0.05, 0) is 13.8 Å². The van der Waals surface area contributed by atoms with E-state index in [9.17, 15) is 9.90 Å². The highest BCUT2D eigenvalue weighted by Gasteiger charge is 2.55. The Balaban J connectivity index is 2.23. The smallest absolute Gasteiger partial charge is 0.217 e. The van der Waals surface area contributed by atoms with E-state index in [2.05, 4.69) is 5.32 Å². The summed E-state index contributed by atoms with van der Waals surface area (Å²) in [5, 5.41) is 12.1. The molecule has 2 N–H and O–H groups in total. The molecule has 2 rings (SSSR count). The van der Waals surface area contributed by atoms with Crippen LogP contribution in [0.1, 0.15) is 20.8 Å². The molecule has 0 aromatic rings. The van der Waals surface area contributed by atoms with E-state index in [4.69, 9.17) is 18.9 Å². The second-order valence-electron chi connectivity index (χ2n) is 5.25. The second kappa shape index (κ2) is 5.34. The van der Waals surface area contributed by atoms with Crippen LogP contribution in [-0.4, -0.2) is 61.2 Å². The number of aliphatic hydroxyl groups excluding tert-OH is 1. The van der Waals surface area contributed by atoms with Crippen molar-refractivity contribution in [3.8, 4) is 0 Å². The van der Waals surface area contributed by atoms with Gasteiger partial charge in [-0.2, -0.15) is 0 Å². The normalized spacial score (nSPS) is 40.8. The van der Waals surface area contributed by atoms with Crippen LogP contribution >= 0.6 is 0 Å². The van der Waals surface area contributed by atoms with E-state index in [0.29, 0.717) is 0 Å². The zero-order chi connectivity index (χ0) is 14.2. The standard InChI is InChI=1S/C12H21NO6/c1-6(15)13-8-10-9(18-12(2,3)19-10)7(5-14)17-11(8)16-4/h7-11,14H,5H2,1-4H3,(H,13,15)/t7?,8-,9?,10?,11+/m1/s1. The lowest BCUT2D eigenvalue weighted by atomic mass is 9.97. The van der Waals surface area contributed by atoms with Gasteiger partial charge in [-0.1, -0.05) is 0 Å². The Bertz CT molecular complexity index is 347. The number of aliphatic hydroxyl groups is 1. The number of rotatable bonds is 3. The molecule has 5 atom stereocenters. The van der Waals surface area contributed by atoms with Crippen molar-refractivity contribution in [3.63, 3.8) is 0 Å². The van der Waals surface area contributed by atoms with Gasteiger partial charge in [-0.15, -0.1) is 0 Å². The van der Waals surface area contributed by atoms with Gasteiger partial charge in [0.15, 0.2) is 12.1 Å². The average Bonchev–Trinajstić information content (AvgIpc) is 2.64. The lowest BCUT2D eigenvalue weighted by molar-refractivity contribution is -0.242. The molecule has 1 amide bonds. The summed E-state index contributed by atoms with van der Waals surface area (Å²) < 4.78 is 22.4. The Morgan fingerprint density at radius 1 is 1.37 bits per heavy atom. The summed E-state index contributed by atoms with van der Waals surface area (Å²) in [6.45, 7) is 4.78. The molecule has 2 heterocycles. The first-order valence-electron chi connectivity index (χ1n) is 6.30. The summed E-state index contributed by atoms with van der Waals surface area (Å²) in [5.41, 5.74) is 0. The fraction of sp³-hybridized carbons (Fsp3) is 0.917. The van der Waals surface area contributed by atoms with E-state index in [1.807, 2.05) is 0 Å². The Kier molecular flexibility index (Phi) is 4.12. The van der Waals surface area contributed by atoms with Gasteiger partial charge in [0.25, 0.3) is 0 Å². The van der Waals surface area contributed by atoms with Crippen LogP contribution in [0.5, 0.6) is 0 Å². The Labute approximate surface area is 112 Å². The maximum Gasteiger partial charge on any atom is 0.217 e. The van der Waals surface area contributed by atoms with Gasteiger partial charge >= 0.3 is 0 Å². The third-order valence-electron chi connectivity index (χ3n) is 3.27. The van der Waals surface area contributed by atoms with Gasteiger partial charge in [0.1, 0.15) is 24.4 Å². The van der Waals surface area contributed by atoms with Crippen molar-refractivity contribution in [2.75, 3.05) is 13.7 Å². The van der Waals surface area contributed by atoms with Gasteiger partial charge in [0.2, 0.25) is 5.91 Å². The van der Waals surface area contributed by atoms with Gasteiger partial charge in [0, 0.05) is 14.0 Å². The minimum atomic E-state index is -0.786. The fourth-order valence-corrected chi connectivity index (χ4v) is 2.61. The van der Waals surface area contributed by atoms with Crippen molar-refractivity contribution in [3.05, 3.63) is 0 Å². The maximum atomic E-state index is 11.3. The SMILES string of the molecule is CO[C@H]1OC(CO)C2OC(C)(C)OC2[C@H]1NC(C)=O. The molecule has 3 unspecified atom stereocenters. The third-order valence-corrected chi connectivity index (χ3v) is 3.27. The van der Waals surface area contributed by atoms with Crippen LogP contribution in [0.25, 0.3) is 0 Å². The number of methoxy groups -OCH3 is 1. The number of nitrogens with one attached hydrogen (secondary N) is 1. The van der Waals surface area contributed by atoms with E-state index >= 15 is 0 Å². The molecular formula is C12H21NO6. The number of carbonyl (C=O) groups is 1. The van der Waals surface area contributed by atoms with Gasteiger partial charge in [-0.25, -0.2) is 0 Å². The highest BCUT2D eigenvalue weighted by molar-refractivity contribution is 5.73. The predicted octanol–water partition coefficient (Wildman–Crippen LogP) is -0.625. The monoisotopic (exact) mass is 275 g/mol. The largest absolute Gasteiger partial charge is 0.394 e. The molecular weight excluding hydrogens is 254 g/mol. The van der Waals surface area contributed by atoms with E-state index in [0.717, 1.165) is 0 Å². The second-order valence-corrected chi connectivity index (χ2v) is 5.25. The van der Waals surface area contributed by atoms with Crippen molar-refractivity contribution in [2.45, 2.75) is 57.2 Å². The minimum absolute atomic E-state index is 0.201.